The Morgan fingerprint density at radius 1 is 1.31 bits per heavy atom. The van der Waals surface area contributed by atoms with E-state index in [9.17, 15) is 13.6 Å². The maximum absolute atomic E-state index is 13.8. The Kier molecular flexibility index (Phi) is 4.14. The van der Waals surface area contributed by atoms with Crippen molar-refractivity contribution in [2.24, 2.45) is 22.7 Å². The number of fused-ring (bicyclic) bond motifs is 1. The van der Waals surface area contributed by atoms with Crippen LogP contribution in [0.15, 0.2) is 18.2 Å². The van der Waals surface area contributed by atoms with Crippen molar-refractivity contribution in [2.75, 3.05) is 6.61 Å². The molecule has 1 aliphatic heterocycles. The van der Waals surface area contributed by atoms with Crippen molar-refractivity contribution >= 4 is 5.91 Å². The second-order valence-electron chi connectivity index (χ2n) is 8.87. The van der Waals surface area contributed by atoms with E-state index in [4.69, 9.17) is 4.74 Å². The Labute approximate surface area is 153 Å². The molecule has 5 atom stereocenters. The molecule has 3 aliphatic rings. The van der Waals surface area contributed by atoms with Gasteiger partial charge in [0.2, 0.25) is 5.91 Å². The molecule has 0 aromatic heterocycles. The maximum atomic E-state index is 13.8. The number of amides is 1. The number of carbonyl (C=O) groups excluding carboxylic acids is 1. The van der Waals surface area contributed by atoms with Crippen molar-refractivity contribution in [1.29, 1.82) is 0 Å². The molecule has 1 amide bonds. The van der Waals surface area contributed by atoms with Gasteiger partial charge in [-0.15, -0.1) is 0 Å². The van der Waals surface area contributed by atoms with Crippen LogP contribution >= 0.6 is 0 Å². The quantitative estimate of drug-likeness (QED) is 0.866. The summed E-state index contributed by atoms with van der Waals surface area (Å²) in [5.41, 5.74) is 0.725. The third-order valence-corrected chi connectivity index (χ3v) is 7.40. The van der Waals surface area contributed by atoms with Crippen LogP contribution in [0.25, 0.3) is 0 Å². The zero-order valence-corrected chi connectivity index (χ0v) is 15.6. The Morgan fingerprint density at radius 2 is 2.08 bits per heavy atom. The molecule has 1 saturated heterocycles. The third kappa shape index (κ3) is 2.43. The first-order chi connectivity index (χ1) is 12.3. The van der Waals surface area contributed by atoms with Gasteiger partial charge in [0.25, 0.3) is 0 Å². The largest absolute Gasteiger partial charge is 0.373 e. The number of hydrogen-bond acceptors (Lipinski definition) is 2. The number of hydrogen-bond donors (Lipinski definition) is 1. The fourth-order valence-corrected chi connectivity index (χ4v) is 6.07. The van der Waals surface area contributed by atoms with E-state index < -0.39 is 11.6 Å². The van der Waals surface area contributed by atoms with Crippen molar-refractivity contribution in [3.05, 3.63) is 35.4 Å². The van der Waals surface area contributed by atoms with Crippen molar-refractivity contribution in [1.82, 2.24) is 5.32 Å². The molecule has 0 unspecified atom stereocenters. The topological polar surface area (TPSA) is 38.3 Å². The first-order valence-electron chi connectivity index (χ1n) is 9.65. The van der Waals surface area contributed by atoms with Gasteiger partial charge in [-0.25, -0.2) is 8.78 Å². The van der Waals surface area contributed by atoms with Gasteiger partial charge in [-0.1, -0.05) is 26.8 Å². The smallest absolute Gasteiger partial charge is 0.219 e. The van der Waals surface area contributed by atoms with Crippen molar-refractivity contribution in [2.45, 2.75) is 58.6 Å². The van der Waals surface area contributed by atoms with Gasteiger partial charge >= 0.3 is 0 Å². The molecule has 2 saturated carbocycles. The molecular weight excluding hydrogens is 336 g/mol. The lowest BCUT2D eigenvalue weighted by Crippen LogP contribution is -2.58. The molecule has 4 rings (SSSR count). The summed E-state index contributed by atoms with van der Waals surface area (Å²) in [4.78, 5) is 12.2. The van der Waals surface area contributed by atoms with E-state index in [2.05, 4.69) is 19.2 Å². The van der Waals surface area contributed by atoms with E-state index in [0.29, 0.717) is 24.5 Å². The van der Waals surface area contributed by atoms with Gasteiger partial charge in [0.1, 0.15) is 0 Å². The average molecular weight is 363 g/mol. The first kappa shape index (κ1) is 17.9. The van der Waals surface area contributed by atoms with Gasteiger partial charge in [-0.05, 0) is 59.6 Å². The summed E-state index contributed by atoms with van der Waals surface area (Å²) in [6, 6.07) is 4.19. The molecule has 26 heavy (non-hydrogen) atoms. The lowest BCUT2D eigenvalue weighted by atomic mass is 9.59. The van der Waals surface area contributed by atoms with Crippen molar-refractivity contribution < 1.29 is 18.3 Å². The summed E-state index contributed by atoms with van der Waals surface area (Å²) in [6.07, 6.45) is 3.23. The van der Waals surface area contributed by atoms with Crippen LogP contribution in [0.4, 0.5) is 8.78 Å². The molecule has 142 valence electrons. The van der Waals surface area contributed by atoms with Gasteiger partial charge < -0.3 is 10.1 Å². The standard InChI is InChI=1S/C21H27F2NO2/c1-4-17(25)24-19-20(2,3)13-10-14-18(26-8-7-21(14,19)11-13)12-5-6-15(22)16(23)9-12/h5-6,9,13-14,18-19H,4,7-8,10-11H2,1-3H3,(H,24,25)/t13-,14-,18-,19+,21-/m1/s1. The van der Waals surface area contributed by atoms with E-state index in [-0.39, 0.29) is 34.8 Å². The molecule has 1 aromatic rings. The molecule has 0 radical (unpaired) electrons. The number of halogens is 2. The second-order valence-corrected chi connectivity index (χ2v) is 8.87. The van der Waals surface area contributed by atoms with Crippen LogP contribution in [0.2, 0.25) is 0 Å². The number of carbonyl (C=O) groups is 1. The summed E-state index contributed by atoms with van der Waals surface area (Å²) in [5.74, 6) is -0.850. The van der Waals surface area contributed by atoms with Gasteiger partial charge in [-0.2, -0.15) is 0 Å². The van der Waals surface area contributed by atoms with Crippen LogP contribution in [0.3, 0.4) is 0 Å². The first-order valence-corrected chi connectivity index (χ1v) is 9.65. The molecule has 1 heterocycles. The van der Waals surface area contributed by atoms with E-state index in [1.165, 1.54) is 12.1 Å². The third-order valence-electron chi connectivity index (χ3n) is 7.40. The van der Waals surface area contributed by atoms with Crippen molar-refractivity contribution in [3.63, 3.8) is 0 Å². The van der Waals surface area contributed by atoms with Gasteiger partial charge in [0.15, 0.2) is 11.6 Å². The van der Waals surface area contributed by atoms with Crippen LogP contribution in [-0.2, 0) is 9.53 Å². The number of benzene rings is 1. The van der Waals surface area contributed by atoms with Crippen LogP contribution in [0.1, 0.15) is 58.1 Å². The predicted molar refractivity (Wildman–Crippen MR) is 94.3 cm³/mol. The molecule has 1 aromatic carbocycles. The fraction of sp³-hybridized carbons (Fsp3) is 0.667. The molecular formula is C21H27F2NO2. The highest BCUT2D eigenvalue weighted by Gasteiger charge is 2.68. The predicted octanol–water partition coefficient (Wildman–Crippen LogP) is 4.37. The minimum Gasteiger partial charge on any atom is -0.373 e. The Bertz CT molecular complexity index is 735. The monoisotopic (exact) mass is 363 g/mol. The highest BCUT2D eigenvalue weighted by molar-refractivity contribution is 5.76. The fourth-order valence-electron chi connectivity index (χ4n) is 6.07. The minimum absolute atomic E-state index is 0.0211. The van der Waals surface area contributed by atoms with Gasteiger partial charge in [0, 0.05) is 19.1 Å². The number of nitrogens with one attached hydrogen (secondary N) is 1. The highest BCUT2D eigenvalue weighted by atomic mass is 19.2. The van der Waals surface area contributed by atoms with Gasteiger partial charge in [-0.3, -0.25) is 4.79 Å². The molecule has 3 fully saturated rings. The maximum Gasteiger partial charge on any atom is 0.219 e. The van der Waals surface area contributed by atoms with E-state index in [1.54, 1.807) is 6.07 Å². The molecule has 5 heteroatoms. The Hall–Kier alpha value is -1.49. The summed E-state index contributed by atoms with van der Waals surface area (Å²) in [6.45, 7) is 6.97. The number of rotatable bonds is 3. The van der Waals surface area contributed by atoms with Crippen LogP contribution in [0, 0.1) is 34.3 Å². The summed E-state index contributed by atoms with van der Waals surface area (Å²) < 4.78 is 33.2. The normalized spacial score (nSPS) is 37.4. The van der Waals surface area contributed by atoms with Crippen LogP contribution in [-0.4, -0.2) is 18.6 Å². The Balaban J connectivity index is 1.70. The minimum atomic E-state index is -0.832. The molecule has 1 spiro atoms. The van der Waals surface area contributed by atoms with E-state index in [1.807, 2.05) is 6.92 Å². The summed E-state index contributed by atoms with van der Waals surface area (Å²) in [7, 11) is 0. The average Bonchev–Trinajstić information content (AvgIpc) is 3.10. The summed E-state index contributed by atoms with van der Waals surface area (Å²) in [5, 5.41) is 3.30. The molecule has 3 nitrogen and oxygen atoms in total. The lowest BCUT2D eigenvalue weighted by molar-refractivity contribution is -0.137. The molecule has 2 bridgehead atoms. The van der Waals surface area contributed by atoms with Crippen LogP contribution < -0.4 is 5.32 Å². The zero-order chi connectivity index (χ0) is 18.7. The van der Waals surface area contributed by atoms with E-state index >= 15 is 0 Å². The Morgan fingerprint density at radius 3 is 2.77 bits per heavy atom. The SMILES string of the molecule is CCC(=O)N[C@H]1C(C)(C)[C@@H]2C[C@@H]3[C@@H](c4ccc(F)c(F)c4)OCC[C@@]31C2. The highest BCUT2D eigenvalue weighted by Crippen LogP contribution is 2.70. The summed E-state index contributed by atoms with van der Waals surface area (Å²) >= 11 is 0. The lowest BCUT2D eigenvalue weighted by Gasteiger charge is -2.53. The molecule has 2 aliphatic carbocycles. The van der Waals surface area contributed by atoms with E-state index in [0.717, 1.165) is 19.3 Å². The van der Waals surface area contributed by atoms with Gasteiger partial charge in [0.05, 0.1) is 6.10 Å². The van der Waals surface area contributed by atoms with Crippen LogP contribution in [0.5, 0.6) is 0 Å². The van der Waals surface area contributed by atoms with Crippen molar-refractivity contribution in [3.8, 4) is 0 Å². The zero-order valence-electron chi connectivity index (χ0n) is 15.6. The molecule has 1 N–H and O–H groups in total. The second kappa shape index (κ2) is 6.01. The number of ether oxygens (including phenoxy) is 1.